The van der Waals surface area contributed by atoms with Gasteiger partial charge in [0.15, 0.2) is 6.61 Å². The van der Waals surface area contributed by atoms with Crippen molar-refractivity contribution < 1.29 is 19.1 Å². The van der Waals surface area contributed by atoms with Crippen molar-refractivity contribution in [2.45, 2.75) is 13.8 Å². The molecule has 0 unspecified atom stereocenters. The van der Waals surface area contributed by atoms with E-state index in [0.717, 1.165) is 3.57 Å². The van der Waals surface area contributed by atoms with Crippen LogP contribution in [0.25, 0.3) is 0 Å². The Balaban J connectivity index is 1.99. The number of ether oxygens (including phenoxy) is 2. The van der Waals surface area contributed by atoms with E-state index < -0.39 is 5.97 Å². The summed E-state index contributed by atoms with van der Waals surface area (Å²) in [5, 5.41) is 2.76. The molecule has 2 aromatic rings. The monoisotopic (exact) mass is 439 g/mol. The van der Waals surface area contributed by atoms with Gasteiger partial charge in [-0.05, 0) is 78.4 Å². The number of amides is 1. The van der Waals surface area contributed by atoms with Crippen LogP contribution < -0.4 is 10.1 Å². The molecule has 0 heterocycles. The second-order valence-electron chi connectivity index (χ2n) is 4.99. The van der Waals surface area contributed by atoms with Gasteiger partial charge in [0.1, 0.15) is 5.75 Å². The summed E-state index contributed by atoms with van der Waals surface area (Å²) in [7, 11) is 0. The molecule has 1 N–H and O–H groups in total. The minimum Gasteiger partial charge on any atom is -0.484 e. The number of hydrogen-bond acceptors (Lipinski definition) is 4. The maximum atomic E-state index is 12.1. The van der Waals surface area contributed by atoms with E-state index >= 15 is 0 Å². The molecule has 0 saturated heterocycles. The Hall–Kier alpha value is -2.09. The van der Waals surface area contributed by atoms with Crippen molar-refractivity contribution in [2.24, 2.45) is 0 Å². The quantitative estimate of drug-likeness (QED) is 0.550. The summed E-state index contributed by atoms with van der Waals surface area (Å²) >= 11 is 2.20. The maximum Gasteiger partial charge on any atom is 0.338 e. The fraction of sp³-hybridized carbons (Fsp3) is 0.222. The Morgan fingerprint density at radius 3 is 2.50 bits per heavy atom. The van der Waals surface area contributed by atoms with Crippen molar-refractivity contribution in [3.05, 3.63) is 57.2 Å². The number of halogens is 1. The number of rotatable bonds is 6. The zero-order valence-electron chi connectivity index (χ0n) is 13.5. The van der Waals surface area contributed by atoms with Gasteiger partial charge >= 0.3 is 5.97 Å². The number of benzene rings is 2. The van der Waals surface area contributed by atoms with Gasteiger partial charge < -0.3 is 14.8 Å². The van der Waals surface area contributed by atoms with E-state index in [1.54, 1.807) is 32.0 Å². The smallest absolute Gasteiger partial charge is 0.338 e. The molecule has 2 rings (SSSR count). The van der Waals surface area contributed by atoms with Gasteiger partial charge in [-0.1, -0.05) is 6.07 Å². The molecule has 0 atom stereocenters. The largest absolute Gasteiger partial charge is 0.484 e. The van der Waals surface area contributed by atoms with Gasteiger partial charge in [-0.25, -0.2) is 4.79 Å². The third-order valence-electron chi connectivity index (χ3n) is 3.29. The Morgan fingerprint density at radius 1 is 1.12 bits per heavy atom. The predicted octanol–water partition coefficient (Wildman–Crippen LogP) is 3.79. The van der Waals surface area contributed by atoms with Crippen LogP contribution in [0.3, 0.4) is 0 Å². The number of carbonyl (C=O) groups is 2. The van der Waals surface area contributed by atoms with E-state index in [2.05, 4.69) is 27.9 Å². The summed E-state index contributed by atoms with van der Waals surface area (Å²) in [6.07, 6.45) is 0. The molecule has 0 aliphatic carbocycles. The second-order valence-corrected chi connectivity index (χ2v) is 6.24. The third-order valence-corrected chi connectivity index (χ3v) is 4.01. The van der Waals surface area contributed by atoms with Crippen LogP contribution in [-0.4, -0.2) is 25.1 Å². The third kappa shape index (κ3) is 4.95. The van der Waals surface area contributed by atoms with Crippen LogP contribution in [0.5, 0.6) is 5.75 Å². The molecular weight excluding hydrogens is 421 g/mol. The summed E-state index contributed by atoms with van der Waals surface area (Å²) in [5.74, 6) is -0.0681. The Morgan fingerprint density at radius 2 is 1.83 bits per heavy atom. The lowest BCUT2D eigenvalue weighted by atomic mass is 10.1. The molecule has 0 saturated carbocycles. The van der Waals surface area contributed by atoms with Gasteiger partial charge in [0, 0.05) is 9.26 Å². The molecular formula is C18H18INO4. The molecule has 0 radical (unpaired) electrons. The molecule has 0 fully saturated rings. The first-order valence-corrected chi connectivity index (χ1v) is 8.54. The summed E-state index contributed by atoms with van der Waals surface area (Å²) < 4.78 is 11.5. The summed E-state index contributed by atoms with van der Waals surface area (Å²) in [6, 6.07) is 12.5. The van der Waals surface area contributed by atoms with E-state index in [1.807, 2.05) is 24.3 Å². The van der Waals surface area contributed by atoms with Crippen LogP contribution >= 0.6 is 22.6 Å². The zero-order chi connectivity index (χ0) is 17.5. The normalized spacial score (nSPS) is 10.1. The van der Waals surface area contributed by atoms with Crippen LogP contribution in [-0.2, 0) is 9.53 Å². The molecule has 0 spiro atoms. The van der Waals surface area contributed by atoms with Crippen molar-refractivity contribution in [1.82, 2.24) is 0 Å². The van der Waals surface area contributed by atoms with Crippen molar-refractivity contribution in [2.75, 3.05) is 18.5 Å². The summed E-state index contributed by atoms with van der Waals surface area (Å²) in [6.45, 7) is 3.71. The van der Waals surface area contributed by atoms with Gasteiger partial charge in [0.05, 0.1) is 12.2 Å². The molecule has 0 aromatic heterocycles. The molecule has 126 valence electrons. The van der Waals surface area contributed by atoms with Crippen molar-refractivity contribution >= 4 is 40.2 Å². The Kier molecular flexibility index (Phi) is 6.60. The highest BCUT2D eigenvalue weighted by atomic mass is 127. The van der Waals surface area contributed by atoms with Gasteiger partial charge in [0.2, 0.25) is 0 Å². The number of esters is 1. The van der Waals surface area contributed by atoms with Crippen LogP contribution in [0.2, 0.25) is 0 Å². The average molecular weight is 439 g/mol. The second kappa shape index (κ2) is 8.68. The fourth-order valence-electron chi connectivity index (χ4n) is 2.07. The highest BCUT2D eigenvalue weighted by Crippen LogP contribution is 2.20. The Labute approximate surface area is 154 Å². The Bertz CT molecular complexity index is 728. The topological polar surface area (TPSA) is 64.6 Å². The van der Waals surface area contributed by atoms with Crippen LogP contribution in [0.4, 0.5) is 5.69 Å². The number of hydrogen-bond donors (Lipinski definition) is 1. The number of nitrogens with one attached hydrogen (secondary N) is 1. The van der Waals surface area contributed by atoms with Crippen LogP contribution in [0, 0.1) is 10.5 Å². The van der Waals surface area contributed by atoms with E-state index in [0.29, 0.717) is 29.2 Å². The molecule has 0 aliphatic rings. The van der Waals surface area contributed by atoms with Crippen LogP contribution in [0.1, 0.15) is 22.8 Å². The van der Waals surface area contributed by atoms with Gasteiger partial charge in [-0.3, -0.25) is 4.79 Å². The number of anilines is 1. The fourth-order valence-corrected chi connectivity index (χ4v) is 2.43. The minimum atomic E-state index is -0.402. The average Bonchev–Trinajstić information content (AvgIpc) is 2.56. The molecule has 0 bridgehead atoms. The minimum absolute atomic E-state index is 0.107. The van der Waals surface area contributed by atoms with E-state index in [-0.39, 0.29) is 12.5 Å². The molecule has 2 aromatic carbocycles. The maximum absolute atomic E-state index is 12.1. The van der Waals surface area contributed by atoms with Crippen LogP contribution in [0.15, 0.2) is 42.5 Å². The zero-order valence-corrected chi connectivity index (χ0v) is 15.6. The van der Waals surface area contributed by atoms with Gasteiger partial charge in [0.25, 0.3) is 5.91 Å². The molecule has 1 amide bonds. The summed E-state index contributed by atoms with van der Waals surface area (Å²) in [5.41, 5.74) is 1.67. The summed E-state index contributed by atoms with van der Waals surface area (Å²) in [4.78, 5) is 23.9. The van der Waals surface area contributed by atoms with Gasteiger partial charge in [-0.2, -0.15) is 0 Å². The van der Waals surface area contributed by atoms with E-state index in [1.165, 1.54) is 0 Å². The lowest BCUT2D eigenvalue weighted by Crippen LogP contribution is -2.21. The van der Waals surface area contributed by atoms with Crippen molar-refractivity contribution in [1.29, 1.82) is 0 Å². The van der Waals surface area contributed by atoms with Crippen molar-refractivity contribution in [3.8, 4) is 5.75 Å². The first-order valence-electron chi connectivity index (χ1n) is 7.46. The highest BCUT2D eigenvalue weighted by molar-refractivity contribution is 14.1. The lowest BCUT2D eigenvalue weighted by molar-refractivity contribution is -0.118. The first-order chi connectivity index (χ1) is 11.5. The first kappa shape index (κ1) is 18.3. The highest BCUT2D eigenvalue weighted by Gasteiger charge is 2.14. The van der Waals surface area contributed by atoms with E-state index in [9.17, 15) is 9.59 Å². The lowest BCUT2D eigenvalue weighted by Gasteiger charge is -2.12. The number of carbonyl (C=O) groups excluding carboxylic acids is 2. The standard InChI is InChI=1S/C18H18INO4/c1-3-23-18(22)15-5-4-6-16(12(15)2)20-17(21)11-24-14-9-7-13(19)8-10-14/h4-10H,3,11H2,1-2H3,(H,20,21). The van der Waals surface area contributed by atoms with E-state index in [4.69, 9.17) is 9.47 Å². The molecule has 24 heavy (non-hydrogen) atoms. The van der Waals surface area contributed by atoms with Crippen molar-refractivity contribution in [3.63, 3.8) is 0 Å². The SMILES string of the molecule is CCOC(=O)c1cccc(NC(=O)COc2ccc(I)cc2)c1C. The van der Waals surface area contributed by atoms with Gasteiger partial charge in [-0.15, -0.1) is 0 Å². The molecule has 5 nitrogen and oxygen atoms in total. The molecule has 6 heteroatoms. The predicted molar refractivity (Wildman–Crippen MR) is 100 cm³/mol. The molecule has 0 aliphatic heterocycles.